The summed E-state index contributed by atoms with van der Waals surface area (Å²) in [4.78, 5) is 27.5. The van der Waals surface area contributed by atoms with Crippen LogP contribution in [-0.4, -0.2) is 41.1 Å². The zero-order chi connectivity index (χ0) is 21.4. The van der Waals surface area contributed by atoms with Crippen molar-refractivity contribution in [1.29, 1.82) is 0 Å². The number of rotatable bonds is 3. The number of halogens is 3. The molecule has 0 unspecified atom stereocenters. The number of carbonyl (C=O) groups is 2. The Morgan fingerprint density at radius 3 is 2.41 bits per heavy atom. The van der Waals surface area contributed by atoms with Gasteiger partial charge in [-0.1, -0.05) is 19.1 Å². The average molecular weight is 412 g/mol. The fourth-order valence-corrected chi connectivity index (χ4v) is 4.21. The predicted octanol–water partition coefficient (Wildman–Crippen LogP) is 3.98. The number of alkyl halides is 3. The highest BCUT2D eigenvalue weighted by Gasteiger charge is 2.54. The minimum Gasteiger partial charge on any atom is -0.353 e. The van der Waals surface area contributed by atoms with Crippen molar-refractivity contribution < 1.29 is 27.5 Å². The molecule has 1 atom stereocenters. The standard InChI is InChI=1S/C21H27F3N2O3/c1-13(2)25-18(27)17-12-29-20(10-8-14(3)9-11-20)26(17)19(28)15-6-4-5-7-16(15)21(22,23)24/h4-7,13-14,17H,8-12H2,1-3H3,(H,25,27)/t14?,17-,20?/m1/s1. The number of nitrogens with one attached hydrogen (secondary N) is 1. The fourth-order valence-electron chi connectivity index (χ4n) is 4.21. The highest BCUT2D eigenvalue weighted by Crippen LogP contribution is 2.44. The van der Waals surface area contributed by atoms with Crippen molar-refractivity contribution in [3.05, 3.63) is 35.4 Å². The Morgan fingerprint density at radius 2 is 1.83 bits per heavy atom. The van der Waals surface area contributed by atoms with E-state index in [9.17, 15) is 22.8 Å². The Balaban J connectivity index is 2.02. The average Bonchev–Trinajstić information content (AvgIpc) is 3.01. The summed E-state index contributed by atoms with van der Waals surface area (Å²) in [5, 5.41) is 2.76. The first-order chi connectivity index (χ1) is 13.5. The largest absolute Gasteiger partial charge is 0.417 e. The molecule has 1 aromatic carbocycles. The zero-order valence-corrected chi connectivity index (χ0v) is 16.9. The van der Waals surface area contributed by atoms with Gasteiger partial charge in [0.15, 0.2) is 0 Å². The molecule has 5 nitrogen and oxygen atoms in total. The lowest BCUT2D eigenvalue weighted by atomic mass is 9.83. The van der Waals surface area contributed by atoms with Crippen LogP contribution < -0.4 is 5.32 Å². The SMILES string of the molecule is CC1CCC2(CC1)OC[C@H](C(=O)NC(C)C)N2C(=O)c1ccccc1C(F)(F)F. The summed E-state index contributed by atoms with van der Waals surface area (Å²) in [5.74, 6) is -0.783. The maximum Gasteiger partial charge on any atom is 0.417 e. The number of benzene rings is 1. The van der Waals surface area contributed by atoms with E-state index in [1.54, 1.807) is 13.8 Å². The Morgan fingerprint density at radius 1 is 1.21 bits per heavy atom. The molecule has 1 aliphatic heterocycles. The van der Waals surface area contributed by atoms with E-state index in [0.29, 0.717) is 18.8 Å². The van der Waals surface area contributed by atoms with E-state index < -0.39 is 40.9 Å². The molecule has 3 rings (SSSR count). The molecule has 2 fully saturated rings. The van der Waals surface area contributed by atoms with Gasteiger partial charge in [0.05, 0.1) is 17.7 Å². The van der Waals surface area contributed by atoms with Gasteiger partial charge >= 0.3 is 6.18 Å². The van der Waals surface area contributed by atoms with Crippen molar-refractivity contribution in [1.82, 2.24) is 10.2 Å². The number of hydrogen-bond acceptors (Lipinski definition) is 3. The quantitative estimate of drug-likeness (QED) is 0.817. The molecule has 1 N–H and O–H groups in total. The first kappa shape index (κ1) is 21.6. The maximum absolute atomic E-state index is 13.5. The number of hydrogen-bond donors (Lipinski definition) is 1. The topological polar surface area (TPSA) is 58.6 Å². The van der Waals surface area contributed by atoms with Gasteiger partial charge in [0.1, 0.15) is 11.8 Å². The predicted molar refractivity (Wildman–Crippen MR) is 101 cm³/mol. The van der Waals surface area contributed by atoms with Crippen molar-refractivity contribution in [3.8, 4) is 0 Å². The summed E-state index contributed by atoms with van der Waals surface area (Å²) < 4.78 is 46.6. The van der Waals surface area contributed by atoms with E-state index in [0.717, 1.165) is 18.9 Å². The van der Waals surface area contributed by atoms with Crippen molar-refractivity contribution in [2.45, 2.75) is 70.4 Å². The molecular weight excluding hydrogens is 385 g/mol. The van der Waals surface area contributed by atoms with Crippen LogP contribution in [0.25, 0.3) is 0 Å². The Kier molecular flexibility index (Phi) is 5.94. The smallest absolute Gasteiger partial charge is 0.353 e. The summed E-state index contributed by atoms with van der Waals surface area (Å²) in [7, 11) is 0. The first-order valence-electron chi connectivity index (χ1n) is 9.99. The summed E-state index contributed by atoms with van der Waals surface area (Å²) in [6.45, 7) is 5.65. The van der Waals surface area contributed by atoms with E-state index in [2.05, 4.69) is 12.2 Å². The molecule has 2 amide bonds. The minimum absolute atomic E-state index is 0.0210. The van der Waals surface area contributed by atoms with Gasteiger partial charge in [-0.15, -0.1) is 0 Å². The molecule has 1 saturated heterocycles. The summed E-state index contributed by atoms with van der Waals surface area (Å²) in [5.41, 5.74) is -2.49. The van der Waals surface area contributed by atoms with Crippen LogP contribution in [0.4, 0.5) is 13.2 Å². The molecule has 29 heavy (non-hydrogen) atoms. The van der Waals surface area contributed by atoms with Crippen LogP contribution in [0, 0.1) is 5.92 Å². The van der Waals surface area contributed by atoms with Crippen LogP contribution in [-0.2, 0) is 15.7 Å². The number of amides is 2. The maximum atomic E-state index is 13.5. The molecule has 0 bridgehead atoms. The second-order valence-electron chi connectivity index (χ2n) is 8.34. The Labute approximate surface area is 168 Å². The van der Waals surface area contributed by atoms with Gasteiger partial charge in [-0.3, -0.25) is 14.5 Å². The third-order valence-electron chi connectivity index (χ3n) is 5.73. The third-order valence-corrected chi connectivity index (χ3v) is 5.73. The lowest BCUT2D eigenvalue weighted by Gasteiger charge is -2.43. The van der Waals surface area contributed by atoms with E-state index in [-0.39, 0.29) is 12.6 Å². The molecule has 1 spiro atoms. The molecule has 1 aliphatic carbocycles. The van der Waals surface area contributed by atoms with Crippen molar-refractivity contribution in [2.24, 2.45) is 5.92 Å². The Hall–Kier alpha value is -2.09. The zero-order valence-electron chi connectivity index (χ0n) is 16.9. The molecule has 0 aromatic heterocycles. The Bertz CT molecular complexity index is 771. The van der Waals surface area contributed by atoms with E-state index >= 15 is 0 Å². The molecule has 8 heteroatoms. The van der Waals surface area contributed by atoms with E-state index in [1.165, 1.54) is 23.1 Å². The van der Waals surface area contributed by atoms with Gasteiger partial charge in [-0.2, -0.15) is 13.2 Å². The third kappa shape index (κ3) is 4.27. The lowest BCUT2D eigenvalue weighted by Crippen LogP contribution is -2.57. The van der Waals surface area contributed by atoms with E-state index in [1.807, 2.05) is 0 Å². The van der Waals surface area contributed by atoms with Gasteiger partial charge < -0.3 is 10.1 Å². The van der Waals surface area contributed by atoms with Crippen molar-refractivity contribution in [2.75, 3.05) is 6.61 Å². The van der Waals surface area contributed by atoms with Crippen LogP contribution in [0.5, 0.6) is 0 Å². The van der Waals surface area contributed by atoms with Gasteiger partial charge in [0, 0.05) is 6.04 Å². The second-order valence-corrected chi connectivity index (χ2v) is 8.34. The lowest BCUT2D eigenvalue weighted by molar-refractivity contribution is -0.138. The van der Waals surface area contributed by atoms with Crippen LogP contribution in [0.1, 0.15) is 62.4 Å². The van der Waals surface area contributed by atoms with E-state index in [4.69, 9.17) is 4.74 Å². The van der Waals surface area contributed by atoms with Crippen LogP contribution in [0.3, 0.4) is 0 Å². The van der Waals surface area contributed by atoms with Gasteiger partial charge in [0.2, 0.25) is 5.91 Å². The second kappa shape index (κ2) is 7.97. The summed E-state index contributed by atoms with van der Waals surface area (Å²) in [6.07, 6.45) is -2.11. The molecule has 1 saturated carbocycles. The van der Waals surface area contributed by atoms with Gasteiger partial charge in [0.25, 0.3) is 5.91 Å². The van der Waals surface area contributed by atoms with Crippen LogP contribution in [0.15, 0.2) is 24.3 Å². The molecular formula is C21H27F3N2O3. The molecule has 1 aromatic rings. The molecule has 0 radical (unpaired) electrons. The number of carbonyl (C=O) groups excluding carboxylic acids is 2. The van der Waals surface area contributed by atoms with Crippen LogP contribution >= 0.6 is 0 Å². The molecule has 160 valence electrons. The normalized spacial score (nSPS) is 27.5. The van der Waals surface area contributed by atoms with Gasteiger partial charge in [-0.25, -0.2) is 0 Å². The molecule has 2 aliphatic rings. The van der Waals surface area contributed by atoms with Crippen LogP contribution in [0.2, 0.25) is 0 Å². The summed E-state index contributed by atoms with van der Waals surface area (Å²) >= 11 is 0. The van der Waals surface area contributed by atoms with Crippen molar-refractivity contribution >= 4 is 11.8 Å². The monoisotopic (exact) mass is 412 g/mol. The first-order valence-corrected chi connectivity index (χ1v) is 9.99. The van der Waals surface area contributed by atoms with Crippen molar-refractivity contribution in [3.63, 3.8) is 0 Å². The number of nitrogens with zero attached hydrogens (tertiary/aromatic N) is 1. The minimum atomic E-state index is -4.67. The van der Waals surface area contributed by atoms with Gasteiger partial charge in [-0.05, 0) is 57.6 Å². The number of ether oxygens (including phenoxy) is 1. The molecule has 1 heterocycles. The fraction of sp³-hybridized carbons (Fsp3) is 0.619. The summed E-state index contributed by atoms with van der Waals surface area (Å²) in [6, 6.07) is 3.59. The highest BCUT2D eigenvalue weighted by molar-refractivity contribution is 5.99. The highest BCUT2D eigenvalue weighted by atomic mass is 19.4.